The minimum Gasteiger partial charge on any atom is -0.442 e. The van der Waals surface area contributed by atoms with Crippen LogP contribution in [0.25, 0.3) is 0 Å². The predicted molar refractivity (Wildman–Crippen MR) is 96.0 cm³/mol. The molecule has 0 aromatic carbocycles. The minimum absolute atomic E-state index is 0.223. The maximum Gasteiger partial charge on any atom is 0.435 e. The molecule has 6 heteroatoms. The van der Waals surface area contributed by atoms with Crippen LogP contribution < -0.4 is 0 Å². The highest BCUT2D eigenvalue weighted by Gasteiger charge is 2.45. The average Bonchev–Trinajstić information content (AvgIpc) is 2.78. The lowest BCUT2D eigenvalue weighted by Crippen LogP contribution is -2.53. The molecular weight excluding hydrogens is 320 g/mol. The molecule has 144 valence electrons. The fraction of sp³-hybridized carbons (Fsp3) is 0.895. The molecule has 1 saturated carbocycles. The van der Waals surface area contributed by atoms with E-state index < -0.39 is 23.4 Å². The number of hydrogen-bond acceptors (Lipinski definition) is 5. The third kappa shape index (κ3) is 5.59. The van der Waals surface area contributed by atoms with Gasteiger partial charge in [-0.05, 0) is 66.2 Å². The van der Waals surface area contributed by atoms with Crippen LogP contribution in [0.4, 0.5) is 9.59 Å². The van der Waals surface area contributed by atoms with Gasteiger partial charge in [-0.25, -0.2) is 14.6 Å². The Labute approximate surface area is 151 Å². The third-order valence-electron chi connectivity index (χ3n) is 4.75. The molecule has 1 aliphatic carbocycles. The van der Waals surface area contributed by atoms with Gasteiger partial charge in [-0.15, -0.1) is 5.01 Å². The molecule has 0 aromatic heterocycles. The molecule has 0 atom stereocenters. The van der Waals surface area contributed by atoms with Gasteiger partial charge in [-0.3, -0.25) is 0 Å². The van der Waals surface area contributed by atoms with Crippen LogP contribution in [0.3, 0.4) is 0 Å². The predicted octanol–water partition coefficient (Wildman–Crippen LogP) is 4.73. The van der Waals surface area contributed by atoms with Crippen molar-refractivity contribution in [1.29, 1.82) is 0 Å². The molecule has 0 bridgehead atoms. The van der Waals surface area contributed by atoms with E-state index in [2.05, 4.69) is 0 Å². The lowest BCUT2D eigenvalue weighted by molar-refractivity contribution is -0.0577. The molecule has 0 aromatic rings. The fourth-order valence-electron chi connectivity index (χ4n) is 3.71. The number of hydrogen-bond donors (Lipinski definition) is 0. The zero-order valence-corrected chi connectivity index (χ0v) is 16.7. The SMILES string of the molecule is CC(C)(C)OC(=O)N(C(=O)OC(C)(C)C)N1CCC2(CCCCC2)C1. The first kappa shape index (κ1) is 20.0. The molecule has 0 radical (unpaired) electrons. The number of ether oxygens (including phenoxy) is 2. The van der Waals surface area contributed by atoms with Gasteiger partial charge in [0.25, 0.3) is 0 Å². The van der Waals surface area contributed by atoms with Crippen molar-refractivity contribution in [2.75, 3.05) is 13.1 Å². The lowest BCUT2D eigenvalue weighted by atomic mass is 9.74. The standard InChI is InChI=1S/C19H34N2O4/c1-17(2,3)24-15(22)21(16(23)25-18(4,5)6)20-13-12-19(14-20)10-8-7-9-11-19/h7-14H2,1-6H3. The monoisotopic (exact) mass is 354 g/mol. The molecule has 1 spiro atoms. The number of carbonyl (C=O) groups is 2. The lowest BCUT2D eigenvalue weighted by Gasteiger charge is -2.36. The molecular formula is C19H34N2O4. The number of rotatable bonds is 1. The summed E-state index contributed by atoms with van der Waals surface area (Å²) in [4.78, 5) is 25.4. The first-order valence-corrected chi connectivity index (χ1v) is 9.42. The normalized spacial score (nSPS) is 21.2. The van der Waals surface area contributed by atoms with Crippen molar-refractivity contribution in [2.45, 2.75) is 91.3 Å². The fourth-order valence-corrected chi connectivity index (χ4v) is 3.71. The van der Waals surface area contributed by atoms with Crippen molar-refractivity contribution in [3.63, 3.8) is 0 Å². The molecule has 0 N–H and O–H groups in total. The second-order valence-electron chi connectivity index (χ2n) is 9.47. The van der Waals surface area contributed by atoms with E-state index in [1.54, 1.807) is 41.5 Å². The van der Waals surface area contributed by atoms with Gasteiger partial charge in [-0.1, -0.05) is 19.3 Å². The Morgan fingerprint density at radius 3 is 1.76 bits per heavy atom. The maximum atomic E-state index is 12.7. The quantitative estimate of drug-likeness (QED) is 0.681. The topological polar surface area (TPSA) is 59.1 Å². The second kappa shape index (κ2) is 7.14. The average molecular weight is 354 g/mol. The highest BCUT2D eigenvalue weighted by molar-refractivity contribution is 5.87. The van der Waals surface area contributed by atoms with Crippen LogP contribution in [-0.2, 0) is 9.47 Å². The van der Waals surface area contributed by atoms with Crippen molar-refractivity contribution in [2.24, 2.45) is 5.41 Å². The van der Waals surface area contributed by atoms with E-state index in [0.717, 1.165) is 11.4 Å². The zero-order chi connectivity index (χ0) is 18.9. The number of nitrogens with zero attached hydrogens (tertiary/aromatic N) is 2. The highest BCUT2D eigenvalue weighted by Crippen LogP contribution is 2.44. The Morgan fingerprint density at radius 2 is 1.32 bits per heavy atom. The molecule has 2 aliphatic rings. The first-order valence-electron chi connectivity index (χ1n) is 9.42. The molecule has 0 unspecified atom stereocenters. The van der Waals surface area contributed by atoms with Crippen LogP contribution in [-0.4, -0.2) is 46.5 Å². The minimum atomic E-state index is -0.667. The first-order chi connectivity index (χ1) is 11.4. The van der Waals surface area contributed by atoms with E-state index in [1.165, 1.54) is 32.1 Å². The number of amides is 2. The van der Waals surface area contributed by atoms with Crippen LogP contribution in [0, 0.1) is 5.41 Å². The summed E-state index contributed by atoms with van der Waals surface area (Å²) >= 11 is 0. The van der Waals surface area contributed by atoms with Crippen molar-refractivity contribution in [3.8, 4) is 0 Å². The van der Waals surface area contributed by atoms with Gasteiger partial charge < -0.3 is 9.47 Å². The maximum absolute atomic E-state index is 12.7. The van der Waals surface area contributed by atoms with E-state index in [-0.39, 0.29) is 5.41 Å². The Bertz CT molecular complexity index is 471. The number of carbonyl (C=O) groups excluding carboxylic acids is 2. The van der Waals surface area contributed by atoms with Crippen molar-refractivity contribution >= 4 is 12.2 Å². The van der Waals surface area contributed by atoms with E-state index in [9.17, 15) is 9.59 Å². The van der Waals surface area contributed by atoms with Gasteiger partial charge >= 0.3 is 12.2 Å². The van der Waals surface area contributed by atoms with Crippen LogP contribution in [0.2, 0.25) is 0 Å². The second-order valence-corrected chi connectivity index (χ2v) is 9.47. The van der Waals surface area contributed by atoms with Crippen molar-refractivity contribution in [3.05, 3.63) is 0 Å². The molecule has 2 amide bonds. The summed E-state index contributed by atoms with van der Waals surface area (Å²) in [5, 5.41) is 2.91. The molecule has 6 nitrogen and oxygen atoms in total. The summed E-state index contributed by atoms with van der Waals surface area (Å²) in [7, 11) is 0. The van der Waals surface area contributed by atoms with E-state index in [0.29, 0.717) is 13.1 Å². The Kier molecular flexibility index (Phi) is 5.71. The summed E-state index contributed by atoms with van der Waals surface area (Å²) in [6.45, 7) is 12.2. The number of hydrazine groups is 1. The largest absolute Gasteiger partial charge is 0.442 e. The summed E-state index contributed by atoms with van der Waals surface area (Å²) in [5.41, 5.74) is -1.11. The van der Waals surface area contributed by atoms with Gasteiger partial charge in [-0.2, -0.15) is 0 Å². The van der Waals surface area contributed by atoms with Crippen LogP contribution in [0.5, 0.6) is 0 Å². The Morgan fingerprint density at radius 1 is 0.840 bits per heavy atom. The summed E-state index contributed by atoms with van der Waals surface area (Å²) < 4.78 is 10.9. The van der Waals surface area contributed by atoms with Crippen LogP contribution in [0.1, 0.15) is 80.1 Å². The molecule has 1 heterocycles. The molecule has 2 rings (SSSR count). The summed E-state index contributed by atoms with van der Waals surface area (Å²) in [5.74, 6) is 0. The molecule has 25 heavy (non-hydrogen) atoms. The molecule has 1 saturated heterocycles. The van der Waals surface area contributed by atoms with Crippen molar-refractivity contribution in [1.82, 2.24) is 10.0 Å². The van der Waals surface area contributed by atoms with E-state index in [4.69, 9.17) is 9.47 Å². The third-order valence-corrected chi connectivity index (χ3v) is 4.75. The van der Waals surface area contributed by atoms with Crippen molar-refractivity contribution < 1.29 is 19.1 Å². The highest BCUT2D eigenvalue weighted by atomic mass is 16.6. The van der Waals surface area contributed by atoms with Gasteiger partial charge in [0, 0.05) is 13.1 Å². The molecule has 1 aliphatic heterocycles. The number of imide groups is 1. The summed E-state index contributed by atoms with van der Waals surface area (Å²) in [6, 6.07) is 0. The van der Waals surface area contributed by atoms with Crippen LogP contribution >= 0.6 is 0 Å². The zero-order valence-electron chi connectivity index (χ0n) is 16.7. The smallest absolute Gasteiger partial charge is 0.435 e. The van der Waals surface area contributed by atoms with Gasteiger partial charge in [0.1, 0.15) is 11.2 Å². The summed E-state index contributed by atoms with van der Waals surface area (Å²) in [6.07, 6.45) is 5.77. The van der Waals surface area contributed by atoms with E-state index >= 15 is 0 Å². The Hall–Kier alpha value is -1.30. The van der Waals surface area contributed by atoms with E-state index in [1.807, 2.05) is 5.01 Å². The Balaban J connectivity index is 2.16. The van der Waals surface area contributed by atoms with Gasteiger partial charge in [0.15, 0.2) is 0 Å². The van der Waals surface area contributed by atoms with Gasteiger partial charge in [0.05, 0.1) is 0 Å². The van der Waals surface area contributed by atoms with Gasteiger partial charge in [0.2, 0.25) is 0 Å². The van der Waals surface area contributed by atoms with Crippen LogP contribution in [0.15, 0.2) is 0 Å². The molecule has 2 fully saturated rings.